The van der Waals surface area contributed by atoms with Gasteiger partial charge in [0.25, 0.3) is 0 Å². The molecule has 0 radical (unpaired) electrons. The van der Waals surface area contributed by atoms with Crippen LogP contribution in [0, 0.1) is 5.92 Å². The number of aromatic carboxylic acids is 1. The first kappa shape index (κ1) is 14.1. The molecule has 2 aromatic carbocycles. The minimum absolute atomic E-state index is 0.295. The van der Waals surface area contributed by atoms with Crippen LogP contribution in [0.1, 0.15) is 22.8 Å². The van der Waals surface area contributed by atoms with Crippen molar-refractivity contribution < 1.29 is 9.90 Å². The zero-order chi connectivity index (χ0) is 15.0. The van der Waals surface area contributed by atoms with Gasteiger partial charge in [0.2, 0.25) is 0 Å². The van der Waals surface area contributed by atoms with Crippen molar-refractivity contribution in [2.75, 3.05) is 11.4 Å². The van der Waals surface area contributed by atoms with E-state index in [-0.39, 0.29) is 0 Å². The van der Waals surface area contributed by atoms with E-state index in [1.165, 1.54) is 11.3 Å². The summed E-state index contributed by atoms with van der Waals surface area (Å²) in [5, 5.41) is 9.08. The molecule has 1 aliphatic heterocycles. The van der Waals surface area contributed by atoms with Gasteiger partial charge in [-0.3, -0.25) is 0 Å². The number of carboxylic acid groups (broad SMARTS) is 1. The fourth-order valence-corrected chi connectivity index (χ4v) is 3.48. The van der Waals surface area contributed by atoms with Crippen LogP contribution in [0.5, 0.6) is 0 Å². The Kier molecular flexibility index (Phi) is 3.72. The highest BCUT2D eigenvalue weighted by molar-refractivity contribution is 9.10. The van der Waals surface area contributed by atoms with E-state index >= 15 is 0 Å². The minimum Gasteiger partial charge on any atom is -0.478 e. The molecule has 108 valence electrons. The third-order valence-corrected chi connectivity index (χ3v) is 4.47. The number of benzene rings is 2. The number of halogens is 1. The van der Waals surface area contributed by atoms with E-state index in [0.717, 1.165) is 23.1 Å². The quantitative estimate of drug-likeness (QED) is 0.872. The lowest BCUT2D eigenvalue weighted by Crippen LogP contribution is -2.30. The highest BCUT2D eigenvalue weighted by Gasteiger charge is 2.24. The maximum Gasteiger partial charge on any atom is 0.335 e. The van der Waals surface area contributed by atoms with Gasteiger partial charge in [-0.1, -0.05) is 25.1 Å². The molecule has 0 spiro atoms. The number of hydrogen-bond donors (Lipinski definition) is 1. The highest BCUT2D eigenvalue weighted by atomic mass is 79.9. The maximum absolute atomic E-state index is 11.1. The monoisotopic (exact) mass is 345 g/mol. The molecule has 3 rings (SSSR count). The lowest BCUT2D eigenvalue weighted by atomic mass is 9.93. The van der Waals surface area contributed by atoms with Crippen LogP contribution < -0.4 is 4.90 Å². The van der Waals surface area contributed by atoms with Crippen molar-refractivity contribution in [1.82, 2.24) is 0 Å². The average molecular weight is 346 g/mol. The highest BCUT2D eigenvalue weighted by Crippen LogP contribution is 2.38. The van der Waals surface area contributed by atoms with Crippen molar-refractivity contribution in [2.45, 2.75) is 13.3 Å². The number of nitrogens with zero attached hydrogens (tertiary/aromatic N) is 1. The van der Waals surface area contributed by atoms with Crippen LogP contribution in [0.15, 0.2) is 46.9 Å². The zero-order valence-corrected chi connectivity index (χ0v) is 13.3. The molecule has 0 fully saturated rings. The fourth-order valence-electron chi connectivity index (χ4n) is 2.88. The molecule has 1 heterocycles. The first-order valence-corrected chi connectivity index (χ1v) is 7.74. The average Bonchev–Trinajstić information content (AvgIpc) is 2.46. The first-order valence-electron chi connectivity index (χ1n) is 6.94. The Morgan fingerprint density at radius 2 is 2.00 bits per heavy atom. The third-order valence-electron chi connectivity index (χ3n) is 3.83. The van der Waals surface area contributed by atoms with E-state index in [9.17, 15) is 4.79 Å². The smallest absolute Gasteiger partial charge is 0.335 e. The van der Waals surface area contributed by atoms with Crippen molar-refractivity contribution in [3.8, 4) is 0 Å². The molecule has 0 aliphatic carbocycles. The van der Waals surface area contributed by atoms with Crippen LogP contribution in [0.25, 0.3) is 0 Å². The predicted octanol–water partition coefficient (Wildman–Crippen LogP) is 4.48. The van der Waals surface area contributed by atoms with E-state index in [2.05, 4.69) is 46.0 Å². The van der Waals surface area contributed by atoms with Crippen LogP contribution in [0.3, 0.4) is 0 Å². The number of carboxylic acids is 1. The summed E-state index contributed by atoms with van der Waals surface area (Å²) in [5.74, 6) is -0.347. The Labute approximate surface area is 132 Å². The van der Waals surface area contributed by atoms with Crippen LogP contribution in [-0.4, -0.2) is 17.6 Å². The van der Waals surface area contributed by atoms with Gasteiger partial charge in [-0.15, -0.1) is 0 Å². The number of hydrogen-bond acceptors (Lipinski definition) is 2. The molecule has 0 aromatic heterocycles. The van der Waals surface area contributed by atoms with Crippen molar-refractivity contribution in [1.29, 1.82) is 0 Å². The van der Waals surface area contributed by atoms with Gasteiger partial charge in [-0.25, -0.2) is 4.79 Å². The van der Waals surface area contributed by atoms with E-state index in [4.69, 9.17) is 5.11 Å². The molecule has 1 N–H and O–H groups in total. The number of rotatable bonds is 2. The van der Waals surface area contributed by atoms with Crippen LogP contribution in [-0.2, 0) is 6.42 Å². The standard InChI is InChI=1S/C17H16BrNO2/c1-11-8-12-4-2-3-5-15(12)19(10-11)16-7-6-13(17(20)21)9-14(16)18/h2-7,9,11H,8,10H2,1H3,(H,20,21). The summed E-state index contributed by atoms with van der Waals surface area (Å²) in [6.45, 7) is 3.17. The van der Waals surface area contributed by atoms with Crippen molar-refractivity contribution >= 4 is 33.3 Å². The van der Waals surface area contributed by atoms with Crippen LogP contribution in [0.4, 0.5) is 11.4 Å². The maximum atomic E-state index is 11.1. The van der Waals surface area contributed by atoms with Crippen molar-refractivity contribution in [3.05, 3.63) is 58.1 Å². The van der Waals surface area contributed by atoms with Crippen LogP contribution in [0.2, 0.25) is 0 Å². The molecule has 4 heteroatoms. The molecule has 1 unspecified atom stereocenters. The topological polar surface area (TPSA) is 40.5 Å². The molecular weight excluding hydrogens is 330 g/mol. The largest absolute Gasteiger partial charge is 0.478 e. The number of anilines is 2. The predicted molar refractivity (Wildman–Crippen MR) is 87.4 cm³/mol. The molecule has 1 aliphatic rings. The molecular formula is C17H16BrNO2. The van der Waals surface area contributed by atoms with Gasteiger partial charge in [-0.2, -0.15) is 0 Å². The molecule has 1 atom stereocenters. The van der Waals surface area contributed by atoms with Gasteiger partial charge in [-0.05, 0) is 58.1 Å². The molecule has 3 nitrogen and oxygen atoms in total. The summed E-state index contributed by atoms with van der Waals surface area (Å²) in [6, 6.07) is 13.6. The second-order valence-electron chi connectivity index (χ2n) is 5.52. The van der Waals surface area contributed by atoms with E-state index < -0.39 is 5.97 Å². The lowest BCUT2D eigenvalue weighted by Gasteiger charge is -2.35. The van der Waals surface area contributed by atoms with Gasteiger partial charge < -0.3 is 10.0 Å². The Morgan fingerprint density at radius 3 is 2.71 bits per heavy atom. The fraction of sp³-hybridized carbons (Fsp3) is 0.235. The summed E-state index contributed by atoms with van der Waals surface area (Å²) in [6.07, 6.45) is 1.08. The normalized spacial score (nSPS) is 17.4. The van der Waals surface area contributed by atoms with E-state index in [1.54, 1.807) is 12.1 Å². The summed E-state index contributed by atoms with van der Waals surface area (Å²) < 4.78 is 0.811. The number of fused-ring (bicyclic) bond motifs is 1. The third kappa shape index (κ3) is 2.68. The summed E-state index contributed by atoms with van der Waals surface area (Å²) in [7, 11) is 0. The molecule has 0 saturated heterocycles. The second-order valence-corrected chi connectivity index (χ2v) is 6.37. The molecule has 0 amide bonds. The second kappa shape index (κ2) is 5.53. The lowest BCUT2D eigenvalue weighted by molar-refractivity contribution is 0.0697. The Bertz CT molecular complexity index is 699. The zero-order valence-electron chi connectivity index (χ0n) is 11.7. The van der Waals surface area contributed by atoms with Crippen LogP contribution >= 0.6 is 15.9 Å². The molecule has 21 heavy (non-hydrogen) atoms. The van der Waals surface area contributed by atoms with E-state index in [0.29, 0.717) is 11.5 Å². The van der Waals surface area contributed by atoms with Gasteiger partial charge in [0, 0.05) is 16.7 Å². The van der Waals surface area contributed by atoms with Gasteiger partial charge >= 0.3 is 5.97 Å². The van der Waals surface area contributed by atoms with Gasteiger partial charge in [0.05, 0.1) is 11.3 Å². The Morgan fingerprint density at radius 1 is 1.24 bits per heavy atom. The SMILES string of the molecule is CC1Cc2ccccc2N(c2ccc(C(=O)O)cc2Br)C1. The first-order chi connectivity index (χ1) is 10.1. The van der Waals surface area contributed by atoms with Gasteiger partial charge in [0.1, 0.15) is 0 Å². The molecule has 0 saturated carbocycles. The Balaban J connectivity index is 2.06. The number of carbonyl (C=O) groups is 1. The summed E-state index contributed by atoms with van der Waals surface area (Å²) in [5.41, 5.74) is 3.85. The number of para-hydroxylation sites is 1. The summed E-state index contributed by atoms with van der Waals surface area (Å²) in [4.78, 5) is 13.3. The Hall–Kier alpha value is -1.81. The van der Waals surface area contributed by atoms with E-state index in [1.807, 2.05) is 12.1 Å². The van der Waals surface area contributed by atoms with Gasteiger partial charge in [0.15, 0.2) is 0 Å². The molecule has 2 aromatic rings. The van der Waals surface area contributed by atoms with Crippen molar-refractivity contribution in [2.24, 2.45) is 5.92 Å². The summed E-state index contributed by atoms with van der Waals surface area (Å²) >= 11 is 3.52. The van der Waals surface area contributed by atoms with Crippen molar-refractivity contribution in [3.63, 3.8) is 0 Å². The molecule has 0 bridgehead atoms. The minimum atomic E-state index is -0.908.